The molecule has 0 aliphatic heterocycles. The summed E-state index contributed by atoms with van der Waals surface area (Å²) < 4.78 is 0. The van der Waals surface area contributed by atoms with Gasteiger partial charge >= 0.3 is 0 Å². The molecule has 1 N–H and O–H groups in total. The maximum absolute atomic E-state index is 3.39. The third kappa shape index (κ3) is 5.43. The largest absolute Gasteiger partial charge is 0.385 e. The Morgan fingerprint density at radius 1 is 1.31 bits per heavy atom. The van der Waals surface area contributed by atoms with E-state index in [1.165, 1.54) is 11.3 Å². The molecule has 1 rings (SSSR count). The maximum atomic E-state index is 3.39. The van der Waals surface area contributed by atoms with Gasteiger partial charge < -0.3 is 5.32 Å². The molecule has 0 spiro atoms. The standard InChI is InChI=1S/C15H21N/c1-3-14(2)10-6-5-9-13-16-15-11-7-4-8-12-15/h4,6-8,11-12,16H,3,5,9,13H2,1-2H3. The van der Waals surface area contributed by atoms with Crippen LogP contribution >= 0.6 is 0 Å². The highest BCUT2D eigenvalue weighted by atomic mass is 14.9. The number of anilines is 1. The van der Waals surface area contributed by atoms with Crippen molar-refractivity contribution in [2.45, 2.75) is 33.1 Å². The van der Waals surface area contributed by atoms with Gasteiger partial charge in [-0.15, -0.1) is 5.73 Å². The predicted molar refractivity (Wildman–Crippen MR) is 71.7 cm³/mol. The summed E-state index contributed by atoms with van der Waals surface area (Å²) in [4.78, 5) is 0. The molecule has 0 aliphatic rings. The van der Waals surface area contributed by atoms with Crippen molar-refractivity contribution in [3.8, 4) is 0 Å². The van der Waals surface area contributed by atoms with Gasteiger partial charge in [0.2, 0.25) is 0 Å². The van der Waals surface area contributed by atoms with E-state index in [9.17, 15) is 0 Å². The van der Waals surface area contributed by atoms with Crippen molar-refractivity contribution in [2.75, 3.05) is 11.9 Å². The minimum absolute atomic E-state index is 1.02. The van der Waals surface area contributed by atoms with Crippen LogP contribution in [0.2, 0.25) is 0 Å². The van der Waals surface area contributed by atoms with Crippen LogP contribution in [0.4, 0.5) is 5.69 Å². The highest BCUT2D eigenvalue weighted by Gasteiger charge is 1.88. The molecule has 0 saturated heterocycles. The van der Waals surface area contributed by atoms with Gasteiger partial charge in [-0.3, -0.25) is 0 Å². The van der Waals surface area contributed by atoms with Crippen molar-refractivity contribution in [3.63, 3.8) is 0 Å². The second-order valence-electron chi connectivity index (χ2n) is 3.92. The molecule has 0 amide bonds. The molecular formula is C15H21N. The number of rotatable bonds is 6. The van der Waals surface area contributed by atoms with Gasteiger partial charge in [0.1, 0.15) is 0 Å². The lowest BCUT2D eigenvalue weighted by Gasteiger charge is -2.03. The quantitative estimate of drug-likeness (QED) is 0.548. The molecule has 0 aliphatic carbocycles. The van der Waals surface area contributed by atoms with Crippen LogP contribution in [0.5, 0.6) is 0 Å². The number of unbranched alkanes of at least 4 members (excludes halogenated alkanes) is 1. The summed E-state index contributed by atoms with van der Waals surface area (Å²) in [5, 5.41) is 3.39. The van der Waals surface area contributed by atoms with E-state index in [1.54, 1.807) is 0 Å². The number of hydrogen-bond donors (Lipinski definition) is 1. The van der Waals surface area contributed by atoms with E-state index in [2.05, 4.69) is 55.2 Å². The average molecular weight is 215 g/mol. The van der Waals surface area contributed by atoms with Gasteiger partial charge in [0, 0.05) is 12.2 Å². The maximum Gasteiger partial charge on any atom is 0.0340 e. The third-order valence-corrected chi connectivity index (χ3v) is 2.51. The molecule has 1 heteroatoms. The van der Waals surface area contributed by atoms with E-state index in [4.69, 9.17) is 0 Å². The fraction of sp³-hybridized carbons (Fsp3) is 0.400. The predicted octanol–water partition coefficient (Wildman–Crippen LogP) is 4.39. The molecule has 86 valence electrons. The van der Waals surface area contributed by atoms with Gasteiger partial charge in [0.05, 0.1) is 0 Å². The zero-order valence-electron chi connectivity index (χ0n) is 10.3. The lowest BCUT2D eigenvalue weighted by molar-refractivity contribution is 0.889. The first-order valence-electron chi connectivity index (χ1n) is 6.02. The molecule has 0 saturated carbocycles. The second kappa shape index (κ2) is 7.78. The van der Waals surface area contributed by atoms with Crippen molar-refractivity contribution in [2.24, 2.45) is 0 Å². The lowest BCUT2D eigenvalue weighted by atomic mass is 10.2. The smallest absolute Gasteiger partial charge is 0.0340 e. The molecule has 0 bridgehead atoms. The third-order valence-electron chi connectivity index (χ3n) is 2.51. The lowest BCUT2D eigenvalue weighted by Crippen LogP contribution is -2.00. The highest BCUT2D eigenvalue weighted by Crippen LogP contribution is 2.05. The van der Waals surface area contributed by atoms with Crippen molar-refractivity contribution < 1.29 is 0 Å². The molecule has 0 unspecified atom stereocenters. The van der Waals surface area contributed by atoms with Gasteiger partial charge in [0.15, 0.2) is 0 Å². The Labute approximate surface area is 98.9 Å². The Kier molecular flexibility index (Phi) is 6.13. The van der Waals surface area contributed by atoms with Crippen LogP contribution < -0.4 is 5.32 Å². The molecule has 0 atom stereocenters. The summed E-state index contributed by atoms with van der Waals surface area (Å²) in [5.74, 6) is 0. The van der Waals surface area contributed by atoms with E-state index in [0.717, 1.165) is 25.8 Å². The molecular weight excluding hydrogens is 194 g/mol. The fourth-order valence-corrected chi connectivity index (χ4v) is 1.34. The van der Waals surface area contributed by atoms with Crippen LogP contribution in [0.15, 0.2) is 47.7 Å². The molecule has 1 aromatic rings. The Morgan fingerprint density at radius 2 is 2.06 bits per heavy atom. The molecule has 0 aromatic heterocycles. The normalized spacial score (nSPS) is 9.38. The SMILES string of the molecule is CCC(C)=C=CCCCNc1ccccc1. The Bertz CT molecular complexity index is 345. The molecule has 0 radical (unpaired) electrons. The first-order valence-corrected chi connectivity index (χ1v) is 6.02. The van der Waals surface area contributed by atoms with Gasteiger partial charge in [-0.2, -0.15) is 0 Å². The Balaban J connectivity index is 2.16. The first kappa shape index (κ1) is 12.6. The second-order valence-corrected chi connectivity index (χ2v) is 3.92. The van der Waals surface area contributed by atoms with Crippen molar-refractivity contribution >= 4 is 5.69 Å². The Morgan fingerprint density at radius 3 is 2.75 bits per heavy atom. The molecule has 1 nitrogen and oxygen atoms in total. The number of allylic oxidation sites excluding steroid dienone is 1. The van der Waals surface area contributed by atoms with E-state index >= 15 is 0 Å². The van der Waals surface area contributed by atoms with Crippen LogP contribution in [0, 0.1) is 0 Å². The minimum atomic E-state index is 1.02. The van der Waals surface area contributed by atoms with E-state index in [1.807, 2.05) is 6.07 Å². The summed E-state index contributed by atoms with van der Waals surface area (Å²) in [6.45, 7) is 5.30. The summed E-state index contributed by atoms with van der Waals surface area (Å²) in [5.41, 5.74) is 5.83. The molecule has 0 fully saturated rings. The van der Waals surface area contributed by atoms with Crippen LogP contribution in [-0.4, -0.2) is 6.54 Å². The monoisotopic (exact) mass is 215 g/mol. The van der Waals surface area contributed by atoms with Crippen molar-refractivity contribution in [1.82, 2.24) is 0 Å². The fourth-order valence-electron chi connectivity index (χ4n) is 1.34. The topological polar surface area (TPSA) is 12.0 Å². The van der Waals surface area contributed by atoms with Crippen LogP contribution in [0.25, 0.3) is 0 Å². The van der Waals surface area contributed by atoms with Gasteiger partial charge in [-0.1, -0.05) is 25.1 Å². The zero-order chi connectivity index (χ0) is 11.6. The zero-order valence-corrected chi connectivity index (χ0v) is 10.3. The van der Waals surface area contributed by atoms with Crippen LogP contribution in [-0.2, 0) is 0 Å². The van der Waals surface area contributed by atoms with Crippen LogP contribution in [0.1, 0.15) is 33.1 Å². The van der Waals surface area contributed by atoms with Crippen molar-refractivity contribution in [3.05, 3.63) is 47.7 Å². The molecule has 1 aromatic carbocycles. The summed E-state index contributed by atoms with van der Waals surface area (Å²) in [7, 11) is 0. The van der Waals surface area contributed by atoms with E-state index in [-0.39, 0.29) is 0 Å². The van der Waals surface area contributed by atoms with Gasteiger partial charge in [0.25, 0.3) is 0 Å². The molecule has 16 heavy (non-hydrogen) atoms. The number of nitrogens with one attached hydrogen (secondary N) is 1. The molecule has 0 heterocycles. The minimum Gasteiger partial charge on any atom is -0.385 e. The average Bonchev–Trinajstić information content (AvgIpc) is 2.34. The first-order chi connectivity index (χ1) is 7.83. The van der Waals surface area contributed by atoms with Gasteiger partial charge in [-0.25, -0.2) is 0 Å². The summed E-state index contributed by atoms with van der Waals surface area (Å²) >= 11 is 0. The van der Waals surface area contributed by atoms with Gasteiger partial charge in [-0.05, 0) is 50.0 Å². The van der Waals surface area contributed by atoms with E-state index in [0.29, 0.717) is 0 Å². The number of para-hydroxylation sites is 1. The number of benzene rings is 1. The van der Waals surface area contributed by atoms with Crippen molar-refractivity contribution in [1.29, 1.82) is 0 Å². The number of hydrogen-bond acceptors (Lipinski definition) is 1. The highest BCUT2D eigenvalue weighted by molar-refractivity contribution is 5.42. The summed E-state index contributed by atoms with van der Waals surface area (Å²) in [6.07, 6.45) is 5.49. The summed E-state index contributed by atoms with van der Waals surface area (Å²) in [6, 6.07) is 10.3. The van der Waals surface area contributed by atoms with E-state index < -0.39 is 0 Å². The van der Waals surface area contributed by atoms with Crippen LogP contribution in [0.3, 0.4) is 0 Å². The Hall–Kier alpha value is -1.46.